The highest BCUT2D eigenvalue weighted by molar-refractivity contribution is 5.77. The zero-order chi connectivity index (χ0) is 17.8. The highest BCUT2D eigenvalue weighted by atomic mass is 15.1. The normalized spacial score (nSPS) is 12.0. The largest absolute Gasteiger partial charge is 0.310 e. The second-order valence-corrected chi connectivity index (χ2v) is 6.91. The van der Waals surface area contributed by atoms with Crippen LogP contribution in [0.25, 0.3) is 0 Å². The second-order valence-electron chi connectivity index (χ2n) is 6.91. The van der Waals surface area contributed by atoms with E-state index in [-0.39, 0.29) is 0 Å². The predicted octanol–water partition coefficient (Wildman–Crippen LogP) is 7.29. The summed E-state index contributed by atoms with van der Waals surface area (Å²) in [5.74, 6) is 0.567. The van der Waals surface area contributed by atoms with E-state index >= 15 is 0 Å². The summed E-state index contributed by atoms with van der Waals surface area (Å²) in [5, 5.41) is 0. The minimum atomic E-state index is 0.567. The van der Waals surface area contributed by atoms with Gasteiger partial charge in [0.25, 0.3) is 0 Å². The molecule has 0 N–H and O–H groups in total. The van der Waals surface area contributed by atoms with Crippen molar-refractivity contribution in [1.29, 1.82) is 0 Å². The first-order valence-corrected chi connectivity index (χ1v) is 9.12. The third-order valence-corrected chi connectivity index (χ3v) is 4.89. The highest BCUT2D eigenvalue weighted by Crippen LogP contribution is 2.36. The molecule has 0 aliphatic heterocycles. The van der Waals surface area contributed by atoms with E-state index in [2.05, 4.69) is 105 Å². The lowest BCUT2D eigenvalue weighted by molar-refractivity contribution is 0.733. The Morgan fingerprint density at radius 3 is 1.72 bits per heavy atom. The van der Waals surface area contributed by atoms with E-state index in [1.165, 1.54) is 33.8 Å². The molecule has 0 heterocycles. The van der Waals surface area contributed by atoms with Gasteiger partial charge in [0, 0.05) is 17.1 Å². The summed E-state index contributed by atoms with van der Waals surface area (Å²) in [6.07, 6.45) is 1.15. The molecule has 3 aromatic carbocycles. The molecule has 1 heteroatoms. The van der Waals surface area contributed by atoms with E-state index in [1.807, 2.05) is 0 Å². The molecule has 0 radical (unpaired) electrons. The molecule has 0 aliphatic carbocycles. The Bertz CT molecular complexity index is 770. The molecule has 1 nitrogen and oxygen atoms in total. The van der Waals surface area contributed by atoms with Crippen LogP contribution in [0, 0.1) is 13.8 Å². The molecule has 0 saturated carbocycles. The van der Waals surface area contributed by atoms with E-state index in [0.717, 1.165) is 6.42 Å². The van der Waals surface area contributed by atoms with E-state index < -0.39 is 0 Å². The standard InChI is InChI=1S/C24H27N/c1-5-20(4)21-7-6-8-24(17-21)25(22-13-9-18(2)10-14-22)23-15-11-19(3)12-16-23/h6-17,20H,5H2,1-4H3. The summed E-state index contributed by atoms with van der Waals surface area (Å²) < 4.78 is 0. The molecule has 0 aromatic heterocycles. The number of aryl methyl sites for hydroxylation is 2. The first-order chi connectivity index (χ1) is 12.1. The maximum Gasteiger partial charge on any atom is 0.0464 e. The van der Waals surface area contributed by atoms with Crippen LogP contribution in [0.1, 0.15) is 42.9 Å². The molecular formula is C24H27N. The van der Waals surface area contributed by atoms with Crippen molar-refractivity contribution in [3.05, 3.63) is 89.5 Å². The lowest BCUT2D eigenvalue weighted by Crippen LogP contribution is -2.10. The molecule has 3 aromatic rings. The topological polar surface area (TPSA) is 3.24 Å². The highest BCUT2D eigenvalue weighted by Gasteiger charge is 2.13. The summed E-state index contributed by atoms with van der Waals surface area (Å²) >= 11 is 0. The van der Waals surface area contributed by atoms with Crippen molar-refractivity contribution in [2.24, 2.45) is 0 Å². The lowest BCUT2D eigenvalue weighted by atomic mass is 9.98. The Morgan fingerprint density at radius 1 is 0.720 bits per heavy atom. The minimum absolute atomic E-state index is 0.567. The number of benzene rings is 3. The summed E-state index contributed by atoms with van der Waals surface area (Å²) in [4.78, 5) is 2.34. The zero-order valence-electron chi connectivity index (χ0n) is 15.7. The number of hydrogen-bond acceptors (Lipinski definition) is 1. The Hall–Kier alpha value is -2.54. The van der Waals surface area contributed by atoms with Crippen molar-refractivity contribution in [1.82, 2.24) is 0 Å². The van der Waals surface area contributed by atoms with Gasteiger partial charge in [0.2, 0.25) is 0 Å². The second kappa shape index (κ2) is 7.57. The van der Waals surface area contributed by atoms with Gasteiger partial charge in [0.05, 0.1) is 0 Å². The van der Waals surface area contributed by atoms with Crippen molar-refractivity contribution in [2.45, 2.75) is 40.0 Å². The minimum Gasteiger partial charge on any atom is -0.310 e. The number of nitrogens with zero attached hydrogens (tertiary/aromatic N) is 1. The van der Waals surface area contributed by atoms with Gasteiger partial charge >= 0.3 is 0 Å². The van der Waals surface area contributed by atoms with Gasteiger partial charge in [-0.3, -0.25) is 0 Å². The molecule has 128 valence electrons. The van der Waals surface area contributed by atoms with Crippen LogP contribution in [-0.2, 0) is 0 Å². The predicted molar refractivity (Wildman–Crippen MR) is 109 cm³/mol. The van der Waals surface area contributed by atoms with Crippen LogP contribution in [0.15, 0.2) is 72.8 Å². The Morgan fingerprint density at radius 2 is 1.24 bits per heavy atom. The third kappa shape index (κ3) is 3.93. The van der Waals surface area contributed by atoms with Gasteiger partial charge in [-0.05, 0) is 68.1 Å². The van der Waals surface area contributed by atoms with Crippen molar-refractivity contribution < 1.29 is 0 Å². The Labute approximate surface area is 151 Å². The molecule has 1 unspecified atom stereocenters. The molecule has 0 fully saturated rings. The van der Waals surface area contributed by atoms with Gasteiger partial charge < -0.3 is 4.90 Å². The maximum atomic E-state index is 2.34. The lowest BCUT2D eigenvalue weighted by Gasteiger charge is -2.26. The van der Waals surface area contributed by atoms with Crippen LogP contribution in [-0.4, -0.2) is 0 Å². The molecule has 0 spiro atoms. The van der Waals surface area contributed by atoms with Crippen LogP contribution in [0.3, 0.4) is 0 Å². The molecule has 25 heavy (non-hydrogen) atoms. The molecular weight excluding hydrogens is 302 g/mol. The SMILES string of the molecule is CCC(C)c1cccc(N(c2ccc(C)cc2)c2ccc(C)cc2)c1. The summed E-state index contributed by atoms with van der Waals surface area (Å²) in [7, 11) is 0. The monoisotopic (exact) mass is 329 g/mol. The van der Waals surface area contributed by atoms with Gasteiger partial charge in [-0.1, -0.05) is 61.4 Å². The third-order valence-electron chi connectivity index (χ3n) is 4.89. The van der Waals surface area contributed by atoms with E-state index in [9.17, 15) is 0 Å². The summed E-state index contributed by atoms with van der Waals surface area (Å²) in [6.45, 7) is 8.79. The van der Waals surface area contributed by atoms with Crippen molar-refractivity contribution in [3.63, 3.8) is 0 Å². The fourth-order valence-electron chi connectivity index (χ4n) is 3.04. The van der Waals surface area contributed by atoms with E-state index in [0.29, 0.717) is 5.92 Å². The van der Waals surface area contributed by atoms with Crippen molar-refractivity contribution >= 4 is 17.1 Å². The van der Waals surface area contributed by atoms with Crippen LogP contribution < -0.4 is 4.90 Å². The van der Waals surface area contributed by atoms with Gasteiger partial charge in [-0.2, -0.15) is 0 Å². The van der Waals surface area contributed by atoms with Gasteiger partial charge in [0.15, 0.2) is 0 Å². The summed E-state index contributed by atoms with van der Waals surface area (Å²) in [6, 6.07) is 26.4. The van der Waals surface area contributed by atoms with Gasteiger partial charge in [-0.25, -0.2) is 0 Å². The zero-order valence-corrected chi connectivity index (χ0v) is 15.7. The molecule has 0 aliphatic rings. The first-order valence-electron chi connectivity index (χ1n) is 9.12. The van der Waals surface area contributed by atoms with Crippen molar-refractivity contribution in [3.8, 4) is 0 Å². The number of rotatable bonds is 5. The first kappa shape index (κ1) is 17.3. The van der Waals surface area contributed by atoms with E-state index in [4.69, 9.17) is 0 Å². The number of anilines is 3. The molecule has 0 saturated heterocycles. The Kier molecular flexibility index (Phi) is 5.23. The van der Waals surface area contributed by atoms with Gasteiger partial charge in [-0.15, -0.1) is 0 Å². The van der Waals surface area contributed by atoms with Crippen LogP contribution in [0.5, 0.6) is 0 Å². The van der Waals surface area contributed by atoms with E-state index in [1.54, 1.807) is 0 Å². The van der Waals surface area contributed by atoms with Crippen molar-refractivity contribution in [2.75, 3.05) is 4.90 Å². The van der Waals surface area contributed by atoms with Gasteiger partial charge in [0.1, 0.15) is 0 Å². The average Bonchev–Trinajstić information content (AvgIpc) is 2.64. The quantitative estimate of drug-likeness (QED) is 0.475. The fraction of sp³-hybridized carbons (Fsp3) is 0.250. The molecule has 1 atom stereocenters. The summed E-state index contributed by atoms with van der Waals surface area (Å²) in [5.41, 5.74) is 7.54. The maximum absolute atomic E-state index is 2.34. The fourth-order valence-corrected chi connectivity index (χ4v) is 3.04. The smallest absolute Gasteiger partial charge is 0.0464 e. The Balaban J connectivity index is 2.11. The molecule has 0 bridgehead atoms. The van der Waals surface area contributed by atoms with Crippen LogP contribution in [0.4, 0.5) is 17.1 Å². The average molecular weight is 329 g/mol. The van der Waals surface area contributed by atoms with Crippen LogP contribution >= 0.6 is 0 Å². The van der Waals surface area contributed by atoms with Crippen LogP contribution in [0.2, 0.25) is 0 Å². The molecule has 3 rings (SSSR count). The number of hydrogen-bond donors (Lipinski definition) is 0. The molecule has 0 amide bonds.